The number of halogens is 3. The summed E-state index contributed by atoms with van der Waals surface area (Å²) in [5, 5.41) is 2.80. The first kappa shape index (κ1) is 16.7. The van der Waals surface area contributed by atoms with Crippen molar-refractivity contribution in [3.8, 4) is 0 Å². The van der Waals surface area contributed by atoms with E-state index in [4.69, 9.17) is 5.73 Å². The smallest absolute Gasteiger partial charge is 0.346 e. The van der Waals surface area contributed by atoms with Gasteiger partial charge in [-0.25, -0.2) is 0 Å². The number of carbonyl (C=O) groups is 1. The number of nitrogens with zero attached hydrogens (tertiary/aromatic N) is 1. The molecule has 22 heavy (non-hydrogen) atoms. The number of amides is 1. The quantitative estimate of drug-likeness (QED) is 0.897. The molecule has 1 heterocycles. The van der Waals surface area contributed by atoms with Gasteiger partial charge in [-0.2, -0.15) is 13.2 Å². The van der Waals surface area contributed by atoms with Crippen LogP contribution < -0.4 is 11.1 Å². The minimum Gasteiger partial charge on any atom is -0.346 e. The van der Waals surface area contributed by atoms with Gasteiger partial charge in [0.25, 0.3) is 5.91 Å². The largest absolute Gasteiger partial charge is 0.417 e. The van der Waals surface area contributed by atoms with Gasteiger partial charge in [0.15, 0.2) is 0 Å². The molecule has 0 spiro atoms. The number of carbonyl (C=O) groups excluding carboxylic acids is 1. The molecular weight excluding hydrogens is 295 g/mol. The molecule has 3 N–H and O–H groups in total. The molecule has 1 atom stereocenters. The molecule has 0 bridgehead atoms. The molecule has 1 aromatic rings. The van der Waals surface area contributed by atoms with E-state index in [0.717, 1.165) is 37.8 Å². The maximum atomic E-state index is 12.5. The highest BCUT2D eigenvalue weighted by Gasteiger charge is 2.31. The SMILES string of the molecule is NCC(NC(=O)c1ccc(C(F)(F)F)cn1)C1CCCCC1. The first-order chi connectivity index (χ1) is 10.4. The third-order valence-corrected chi connectivity index (χ3v) is 4.11. The van der Waals surface area contributed by atoms with E-state index in [2.05, 4.69) is 10.3 Å². The van der Waals surface area contributed by atoms with Gasteiger partial charge in [0.1, 0.15) is 5.69 Å². The van der Waals surface area contributed by atoms with Gasteiger partial charge in [-0.3, -0.25) is 9.78 Å². The van der Waals surface area contributed by atoms with Crippen LogP contribution >= 0.6 is 0 Å². The third-order valence-electron chi connectivity index (χ3n) is 4.11. The summed E-state index contributed by atoms with van der Waals surface area (Å²) in [6, 6.07) is 1.80. The second-order valence-corrected chi connectivity index (χ2v) is 5.64. The highest BCUT2D eigenvalue weighted by molar-refractivity contribution is 5.92. The fourth-order valence-corrected chi connectivity index (χ4v) is 2.84. The Morgan fingerprint density at radius 3 is 2.50 bits per heavy atom. The van der Waals surface area contributed by atoms with Crippen molar-refractivity contribution in [2.24, 2.45) is 11.7 Å². The molecule has 1 aliphatic carbocycles. The average molecular weight is 315 g/mol. The minimum absolute atomic E-state index is 0.0257. The molecule has 1 aliphatic rings. The standard InChI is InChI=1S/C15H20F3N3O/c16-15(17,18)11-6-7-12(20-9-11)14(22)21-13(8-19)10-4-2-1-3-5-10/h6-7,9-10,13H,1-5,8,19H2,(H,21,22). The highest BCUT2D eigenvalue weighted by Crippen LogP contribution is 2.28. The van der Waals surface area contributed by atoms with Crippen molar-refractivity contribution >= 4 is 5.91 Å². The van der Waals surface area contributed by atoms with E-state index in [1.54, 1.807) is 0 Å². The van der Waals surface area contributed by atoms with Crippen molar-refractivity contribution in [1.29, 1.82) is 0 Å². The van der Waals surface area contributed by atoms with Crippen LogP contribution in [0.15, 0.2) is 18.3 Å². The predicted octanol–water partition coefficient (Wildman–Crippen LogP) is 2.74. The molecule has 0 aromatic carbocycles. The zero-order chi connectivity index (χ0) is 16.2. The van der Waals surface area contributed by atoms with Crippen LogP contribution in [0.3, 0.4) is 0 Å². The predicted molar refractivity (Wildman–Crippen MR) is 76.1 cm³/mol. The second-order valence-electron chi connectivity index (χ2n) is 5.64. The molecule has 1 aromatic heterocycles. The lowest BCUT2D eigenvalue weighted by molar-refractivity contribution is -0.137. The zero-order valence-electron chi connectivity index (χ0n) is 12.2. The topological polar surface area (TPSA) is 68.0 Å². The minimum atomic E-state index is -4.45. The van der Waals surface area contributed by atoms with E-state index in [0.29, 0.717) is 18.7 Å². The number of nitrogens with one attached hydrogen (secondary N) is 1. The van der Waals surface area contributed by atoms with Crippen molar-refractivity contribution in [1.82, 2.24) is 10.3 Å². The Labute approximate surface area is 127 Å². The van der Waals surface area contributed by atoms with E-state index in [-0.39, 0.29) is 11.7 Å². The van der Waals surface area contributed by atoms with Gasteiger partial charge in [0.2, 0.25) is 0 Å². The van der Waals surface area contributed by atoms with Crippen LogP contribution in [0.25, 0.3) is 0 Å². The average Bonchev–Trinajstić information content (AvgIpc) is 2.52. The summed E-state index contributed by atoms with van der Waals surface area (Å²) in [4.78, 5) is 15.7. The molecule has 1 saturated carbocycles. The van der Waals surface area contributed by atoms with E-state index in [1.165, 1.54) is 6.42 Å². The Kier molecular flexibility index (Phi) is 5.39. The molecule has 0 aliphatic heterocycles. The number of pyridine rings is 1. The molecule has 0 saturated heterocycles. The van der Waals surface area contributed by atoms with Crippen molar-refractivity contribution < 1.29 is 18.0 Å². The zero-order valence-corrected chi connectivity index (χ0v) is 12.2. The molecule has 0 radical (unpaired) electrons. The number of aromatic nitrogens is 1. The third kappa shape index (κ3) is 4.19. The highest BCUT2D eigenvalue weighted by atomic mass is 19.4. The van der Waals surface area contributed by atoms with Gasteiger partial charge in [0.05, 0.1) is 5.56 Å². The number of hydrogen-bond donors (Lipinski definition) is 2. The molecule has 1 fully saturated rings. The maximum absolute atomic E-state index is 12.5. The first-order valence-corrected chi connectivity index (χ1v) is 7.46. The Morgan fingerprint density at radius 1 is 1.32 bits per heavy atom. The summed E-state index contributed by atoms with van der Waals surface area (Å²) in [6.45, 7) is 0.317. The molecule has 1 unspecified atom stereocenters. The second kappa shape index (κ2) is 7.09. The van der Waals surface area contributed by atoms with Crippen molar-refractivity contribution in [2.45, 2.75) is 44.3 Å². The van der Waals surface area contributed by atoms with E-state index in [9.17, 15) is 18.0 Å². The molecule has 2 rings (SSSR count). The van der Waals surface area contributed by atoms with Gasteiger partial charge in [-0.05, 0) is 30.9 Å². The maximum Gasteiger partial charge on any atom is 0.417 e. The van der Waals surface area contributed by atoms with Crippen LogP contribution in [-0.4, -0.2) is 23.5 Å². The number of alkyl halides is 3. The number of rotatable bonds is 4. The van der Waals surface area contributed by atoms with Crippen molar-refractivity contribution in [3.63, 3.8) is 0 Å². The van der Waals surface area contributed by atoms with Crippen LogP contribution in [0.4, 0.5) is 13.2 Å². The summed E-state index contributed by atoms with van der Waals surface area (Å²) in [6.07, 6.45) is 1.69. The Bertz CT molecular complexity index is 496. The van der Waals surface area contributed by atoms with Crippen LogP contribution in [0, 0.1) is 5.92 Å². The Balaban J connectivity index is 2.01. The van der Waals surface area contributed by atoms with Crippen LogP contribution in [0.1, 0.15) is 48.2 Å². The van der Waals surface area contributed by atoms with Gasteiger partial charge < -0.3 is 11.1 Å². The van der Waals surface area contributed by atoms with Gasteiger partial charge in [0, 0.05) is 18.8 Å². The Hall–Kier alpha value is -1.63. The van der Waals surface area contributed by atoms with Crippen LogP contribution in [0.2, 0.25) is 0 Å². The first-order valence-electron chi connectivity index (χ1n) is 7.46. The summed E-state index contributed by atoms with van der Waals surface area (Å²) in [5.41, 5.74) is 4.83. The monoisotopic (exact) mass is 315 g/mol. The lowest BCUT2D eigenvalue weighted by Crippen LogP contribution is -2.46. The van der Waals surface area contributed by atoms with E-state index in [1.807, 2.05) is 0 Å². The fourth-order valence-electron chi connectivity index (χ4n) is 2.84. The summed E-state index contributed by atoms with van der Waals surface area (Å²) >= 11 is 0. The van der Waals surface area contributed by atoms with Crippen molar-refractivity contribution in [2.75, 3.05) is 6.54 Å². The lowest BCUT2D eigenvalue weighted by Gasteiger charge is -2.29. The summed E-state index contributed by atoms with van der Waals surface area (Å²) < 4.78 is 37.4. The molecule has 4 nitrogen and oxygen atoms in total. The van der Waals surface area contributed by atoms with Gasteiger partial charge >= 0.3 is 6.18 Å². The molecule has 7 heteroatoms. The molecule has 122 valence electrons. The Morgan fingerprint density at radius 2 is 2.00 bits per heavy atom. The van der Waals surface area contributed by atoms with E-state index >= 15 is 0 Å². The lowest BCUT2D eigenvalue weighted by atomic mass is 9.84. The summed E-state index contributed by atoms with van der Waals surface area (Å²) in [5.74, 6) is -0.146. The van der Waals surface area contributed by atoms with Crippen molar-refractivity contribution in [3.05, 3.63) is 29.6 Å². The molecule has 1 amide bonds. The summed E-state index contributed by atoms with van der Waals surface area (Å²) in [7, 11) is 0. The van der Waals surface area contributed by atoms with Crippen LogP contribution in [0.5, 0.6) is 0 Å². The van der Waals surface area contributed by atoms with Crippen LogP contribution in [-0.2, 0) is 6.18 Å². The van der Waals surface area contributed by atoms with Gasteiger partial charge in [-0.1, -0.05) is 19.3 Å². The normalized spacial score (nSPS) is 18.0. The number of hydrogen-bond acceptors (Lipinski definition) is 3. The van der Waals surface area contributed by atoms with E-state index < -0.39 is 17.6 Å². The van der Waals surface area contributed by atoms with Gasteiger partial charge in [-0.15, -0.1) is 0 Å². The fraction of sp³-hybridized carbons (Fsp3) is 0.600. The molecular formula is C15H20F3N3O. The number of nitrogens with two attached hydrogens (primary N) is 1.